The smallest absolute Gasteiger partial charge is 0.306 e. The third kappa shape index (κ3) is 29.5. The molecule has 6 atom stereocenters. The highest BCUT2D eigenvalue weighted by Gasteiger charge is 2.44. The average Bonchev–Trinajstić information content (AvgIpc) is 3.18. The van der Waals surface area contributed by atoms with Crippen LogP contribution in [0.15, 0.2) is 24.3 Å². The van der Waals surface area contributed by atoms with Gasteiger partial charge >= 0.3 is 5.97 Å². The molecule has 1 fully saturated rings. The zero-order valence-electron chi connectivity index (χ0n) is 35.4. The van der Waals surface area contributed by atoms with E-state index in [2.05, 4.69) is 38.2 Å². The van der Waals surface area contributed by atoms with Crippen LogP contribution >= 0.6 is 0 Å². The molecule has 9 heteroatoms. The molecule has 0 aromatic heterocycles. The Balaban J connectivity index is 2.18. The van der Waals surface area contributed by atoms with Gasteiger partial charge in [0.15, 0.2) is 6.29 Å². The number of hydrogen-bond donors (Lipinski definition) is 4. The lowest BCUT2D eigenvalue weighted by Gasteiger charge is -2.39. The minimum absolute atomic E-state index is 0.115. The molecule has 0 spiro atoms. The van der Waals surface area contributed by atoms with Crippen molar-refractivity contribution in [1.82, 2.24) is 0 Å². The van der Waals surface area contributed by atoms with Crippen LogP contribution in [0, 0.1) is 0 Å². The maximum atomic E-state index is 12.7. The molecular formula is C46H86O9. The normalized spacial score (nSPS) is 20.9. The quantitative estimate of drug-likeness (QED) is 0.0273. The van der Waals surface area contributed by atoms with Gasteiger partial charge in [-0.1, -0.05) is 160 Å². The highest BCUT2D eigenvalue weighted by molar-refractivity contribution is 5.69. The van der Waals surface area contributed by atoms with Crippen LogP contribution in [0.25, 0.3) is 0 Å². The summed E-state index contributed by atoms with van der Waals surface area (Å²) in [5, 5.41) is 40.0. The fourth-order valence-electron chi connectivity index (χ4n) is 6.96. The van der Waals surface area contributed by atoms with Crippen LogP contribution in [0.2, 0.25) is 0 Å². The predicted octanol–water partition coefficient (Wildman–Crippen LogP) is 10.2. The Hall–Kier alpha value is -1.33. The Morgan fingerprint density at radius 3 is 1.55 bits per heavy atom. The summed E-state index contributed by atoms with van der Waals surface area (Å²) in [6.07, 6.45) is 36.5. The second-order valence-corrected chi connectivity index (χ2v) is 15.8. The number of aliphatic hydroxyl groups excluding tert-OH is 4. The zero-order valence-corrected chi connectivity index (χ0v) is 35.4. The molecule has 0 saturated carbocycles. The first-order chi connectivity index (χ1) is 26.9. The largest absolute Gasteiger partial charge is 0.457 e. The Kier molecular flexibility index (Phi) is 35.9. The van der Waals surface area contributed by atoms with Gasteiger partial charge in [0.05, 0.1) is 19.8 Å². The Bertz CT molecular complexity index is 895. The van der Waals surface area contributed by atoms with Crippen molar-refractivity contribution >= 4 is 5.97 Å². The van der Waals surface area contributed by atoms with Gasteiger partial charge in [0.25, 0.3) is 0 Å². The summed E-state index contributed by atoms with van der Waals surface area (Å²) in [5.41, 5.74) is 0. The summed E-state index contributed by atoms with van der Waals surface area (Å²) in [7, 11) is 0. The molecule has 1 heterocycles. The van der Waals surface area contributed by atoms with Crippen molar-refractivity contribution in [1.29, 1.82) is 0 Å². The Labute approximate surface area is 337 Å². The van der Waals surface area contributed by atoms with Crippen LogP contribution < -0.4 is 0 Å². The summed E-state index contributed by atoms with van der Waals surface area (Å²) in [6, 6.07) is 0. The second-order valence-electron chi connectivity index (χ2n) is 15.8. The summed E-state index contributed by atoms with van der Waals surface area (Å²) < 4.78 is 22.8. The van der Waals surface area contributed by atoms with E-state index in [1.165, 1.54) is 122 Å². The van der Waals surface area contributed by atoms with Crippen LogP contribution in [0.1, 0.15) is 200 Å². The number of unbranched alkanes of at least 4 members (excludes halogenated alkanes) is 24. The summed E-state index contributed by atoms with van der Waals surface area (Å²) in [4.78, 5) is 12.7. The van der Waals surface area contributed by atoms with E-state index in [1.807, 2.05) is 0 Å². The fourth-order valence-corrected chi connectivity index (χ4v) is 6.96. The molecule has 9 nitrogen and oxygen atoms in total. The fraction of sp³-hybridized carbons (Fsp3) is 0.891. The number of aliphatic hydroxyl groups is 4. The van der Waals surface area contributed by atoms with Gasteiger partial charge in [-0.25, -0.2) is 0 Å². The third-order valence-electron chi connectivity index (χ3n) is 10.6. The Morgan fingerprint density at radius 1 is 0.564 bits per heavy atom. The minimum atomic E-state index is -1.54. The molecule has 0 aromatic rings. The van der Waals surface area contributed by atoms with Crippen molar-refractivity contribution in [3.63, 3.8) is 0 Å². The third-order valence-corrected chi connectivity index (χ3v) is 10.6. The highest BCUT2D eigenvalue weighted by atomic mass is 16.7. The van der Waals surface area contributed by atoms with Crippen molar-refractivity contribution in [3.8, 4) is 0 Å². The molecule has 6 unspecified atom stereocenters. The zero-order chi connectivity index (χ0) is 40.0. The first kappa shape index (κ1) is 51.7. The Morgan fingerprint density at radius 2 is 1.04 bits per heavy atom. The number of esters is 1. The van der Waals surface area contributed by atoms with Crippen molar-refractivity contribution in [2.75, 3.05) is 26.4 Å². The predicted molar refractivity (Wildman–Crippen MR) is 224 cm³/mol. The summed E-state index contributed by atoms with van der Waals surface area (Å²) in [6.45, 7) is 4.50. The van der Waals surface area contributed by atoms with E-state index in [-0.39, 0.29) is 19.2 Å². The van der Waals surface area contributed by atoms with Crippen LogP contribution in [-0.2, 0) is 23.7 Å². The molecule has 324 valence electrons. The van der Waals surface area contributed by atoms with E-state index in [0.29, 0.717) is 13.0 Å². The number of hydrogen-bond acceptors (Lipinski definition) is 9. The maximum absolute atomic E-state index is 12.7. The summed E-state index contributed by atoms with van der Waals surface area (Å²) >= 11 is 0. The van der Waals surface area contributed by atoms with Gasteiger partial charge in [0.1, 0.15) is 30.5 Å². The second kappa shape index (κ2) is 38.2. The topological polar surface area (TPSA) is 135 Å². The SMILES string of the molecule is CCC/C=C\CCCCCCCC(=O)OC(COCCCCCCCCCCCC/C=C\CCCCCCCCCC)COC1OC(CO)C(O)C(O)C1O. The molecule has 1 saturated heterocycles. The van der Waals surface area contributed by atoms with Gasteiger partial charge in [0, 0.05) is 13.0 Å². The van der Waals surface area contributed by atoms with Gasteiger partial charge in [-0.2, -0.15) is 0 Å². The standard InChI is InChI=1S/C46H86O9/c1-3-5-7-9-11-13-15-16-17-18-19-20-21-22-23-24-25-26-28-30-32-34-36-52-38-40(39-53-46-45(51)44(50)43(49)41(37-47)55-46)54-42(48)35-33-31-29-27-14-12-10-8-6-4-2/h8,10,18-19,40-41,43-47,49-51H,3-7,9,11-17,20-39H2,1-2H3/b10-8-,19-18-. The molecule has 55 heavy (non-hydrogen) atoms. The number of ether oxygens (including phenoxy) is 4. The monoisotopic (exact) mass is 783 g/mol. The van der Waals surface area contributed by atoms with E-state index in [0.717, 1.165) is 57.8 Å². The summed E-state index contributed by atoms with van der Waals surface area (Å²) in [5.74, 6) is -0.324. The molecule has 0 amide bonds. The number of allylic oxidation sites excluding steroid dienone is 4. The molecule has 1 aliphatic rings. The molecule has 1 rings (SSSR count). The highest BCUT2D eigenvalue weighted by Crippen LogP contribution is 2.22. The van der Waals surface area contributed by atoms with Crippen molar-refractivity contribution in [2.45, 2.75) is 237 Å². The van der Waals surface area contributed by atoms with Crippen LogP contribution in [-0.4, -0.2) is 89.6 Å². The number of rotatable bonds is 39. The van der Waals surface area contributed by atoms with Gasteiger partial charge in [-0.3, -0.25) is 4.79 Å². The molecule has 4 N–H and O–H groups in total. The van der Waals surface area contributed by atoms with Crippen molar-refractivity contribution < 1.29 is 44.2 Å². The maximum Gasteiger partial charge on any atom is 0.306 e. The lowest BCUT2D eigenvalue weighted by molar-refractivity contribution is -0.305. The van der Waals surface area contributed by atoms with E-state index >= 15 is 0 Å². The molecule has 0 bridgehead atoms. The van der Waals surface area contributed by atoms with Crippen molar-refractivity contribution in [2.24, 2.45) is 0 Å². The van der Waals surface area contributed by atoms with Crippen LogP contribution in [0.5, 0.6) is 0 Å². The number of carbonyl (C=O) groups excluding carboxylic acids is 1. The van der Waals surface area contributed by atoms with E-state index in [9.17, 15) is 25.2 Å². The van der Waals surface area contributed by atoms with Gasteiger partial charge in [-0.05, 0) is 57.8 Å². The van der Waals surface area contributed by atoms with Gasteiger partial charge in [0.2, 0.25) is 0 Å². The molecular weight excluding hydrogens is 696 g/mol. The lowest BCUT2D eigenvalue weighted by Crippen LogP contribution is -2.59. The minimum Gasteiger partial charge on any atom is -0.457 e. The van der Waals surface area contributed by atoms with Crippen molar-refractivity contribution in [3.05, 3.63) is 24.3 Å². The van der Waals surface area contributed by atoms with Crippen LogP contribution in [0.4, 0.5) is 0 Å². The van der Waals surface area contributed by atoms with E-state index in [1.54, 1.807) is 0 Å². The molecule has 0 aromatic carbocycles. The number of carbonyl (C=O) groups is 1. The lowest BCUT2D eigenvalue weighted by atomic mass is 9.99. The first-order valence-corrected chi connectivity index (χ1v) is 22.9. The van der Waals surface area contributed by atoms with Gasteiger partial charge < -0.3 is 39.4 Å². The van der Waals surface area contributed by atoms with E-state index in [4.69, 9.17) is 18.9 Å². The molecule has 0 radical (unpaired) electrons. The molecule has 1 aliphatic heterocycles. The first-order valence-electron chi connectivity index (χ1n) is 22.9. The average molecular weight is 783 g/mol. The van der Waals surface area contributed by atoms with Crippen LogP contribution in [0.3, 0.4) is 0 Å². The van der Waals surface area contributed by atoms with Gasteiger partial charge in [-0.15, -0.1) is 0 Å². The van der Waals surface area contributed by atoms with E-state index < -0.39 is 43.4 Å². The molecule has 0 aliphatic carbocycles.